The van der Waals surface area contributed by atoms with Crippen molar-refractivity contribution < 1.29 is 5.11 Å². The molecule has 0 spiro atoms. The molecule has 0 saturated heterocycles. The Labute approximate surface area is 95.4 Å². The zero-order valence-electron chi connectivity index (χ0n) is 9.07. The molecule has 0 fully saturated rings. The van der Waals surface area contributed by atoms with Gasteiger partial charge in [-0.05, 0) is 31.2 Å². The first-order chi connectivity index (χ1) is 7.77. The Morgan fingerprint density at radius 1 is 0.875 bits per heavy atom. The number of benzene rings is 2. The van der Waals surface area contributed by atoms with Gasteiger partial charge in [-0.25, -0.2) is 0 Å². The van der Waals surface area contributed by atoms with Gasteiger partial charge in [0, 0.05) is 16.7 Å². The van der Waals surface area contributed by atoms with E-state index in [9.17, 15) is 5.11 Å². The van der Waals surface area contributed by atoms with Gasteiger partial charge in [-0.3, -0.25) is 0 Å². The van der Waals surface area contributed by atoms with E-state index in [0.29, 0.717) is 5.75 Å². The molecule has 1 heteroatoms. The van der Waals surface area contributed by atoms with Crippen molar-refractivity contribution in [2.45, 2.75) is 6.92 Å². The fourth-order valence-corrected chi connectivity index (χ4v) is 1.42. The second-order valence-corrected chi connectivity index (χ2v) is 3.57. The van der Waals surface area contributed by atoms with Gasteiger partial charge in [0.25, 0.3) is 0 Å². The van der Waals surface area contributed by atoms with Crippen molar-refractivity contribution in [1.29, 1.82) is 0 Å². The lowest BCUT2D eigenvalue weighted by Crippen LogP contribution is -1.82. The second-order valence-electron chi connectivity index (χ2n) is 3.57. The van der Waals surface area contributed by atoms with E-state index in [-0.39, 0.29) is 0 Å². The molecular formula is C15H12O. The van der Waals surface area contributed by atoms with Crippen molar-refractivity contribution >= 4 is 0 Å². The predicted octanol–water partition coefficient (Wildman–Crippen LogP) is 3.10. The van der Waals surface area contributed by atoms with Gasteiger partial charge >= 0.3 is 0 Å². The van der Waals surface area contributed by atoms with Crippen LogP contribution in [0.5, 0.6) is 5.75 Å². The van der Waals surface area contributed by atoms with Crippen LogP contribution in [-0.4, -0.2) is 5.11 Å². The molecule has 0 aliphatic rings. The SMILES string of the molecule is Cc1c(O)cccc1C#Cc1ccccc1. The summed E-state index contributed by atoms with van der Waals surface area (Å²) < 4.78 is 0. The molecule has 1 nitrogen and oxygen atoms in total. The zero-order valence-corrected chi connectivity index (χ0v) is 9.07. The summed E-state index contributed by atoms with van der Waals surface area (Å²) >= 11 is 0. The third-order valence-electron chi connectivity index (χ3n) is 2.42. The molecule has 0 atom stereocenters. The molecule has 16 heavy (non-hydrogen) atoms. The van der Waals surface area contributed by atoms with Gasteiger partial charge in [-0.2, -0.15) is 0 Å². The van der Waals surface area contributed by atoms with Crippen molar-refractivity contribution in [2.75, 3.05) is 0 Å². The maximum Gasteiger partial charge on any atom is 0.119 e. The maximum atomic E-state index is 9.53. The average molecular weight is 208 g/mol. The van der Waals surface area contributed by atoms with E-state index >= 15 is 0 Å². The van der Waals surface area contributed by atoms with E-state index in [0.717, 1.165) is 16.7 Å². The molecule has 0 radical (unpaired) electrons. The number of rotatable bonds is 0. The van der Waals surface area contributed by atoms with E-state index in [1.54, 1.807) is 12.1 Å². The van der Waals surface area contributed by atoms with Crippen LogP contribution < -0.4 is 0 Å². The first-order valence-corrected chi connectivity index (χ1v) is 5.13. The van der Waals surface area contributed by atoms with Crippen LogP contribution in [-0.2, 0) is 0 Å². The van der Waals surface area contributed by atoms with Crippen molar-refractivity contribution in [3.05, 3.63) is 65.2 Å². The first kappa shape index (κ1) is 10.3. The molecular weight excluding hydrogens is 196 g/mol. The molecule has 1 N–H and O–H groups in total. The summed E-state index contributed by atoms with van der Waals surface area (Å²) in [6.07, 6.45) is 0. The highest BCUT2D eigenvalue weighted by molar-refractivity contribution is 5.50. The normalized spacial score (nSPS) is 9.31. The lowest BCUT2D eigenvalue weighted by molar-refractivity contribution is 0.471. The van der Waals surface area contributed by atoms with Gasteiger partial charge in [-0.15, -0.1) is 0 Å². The van der Waals surface area contributed by atoms with Gasteiger partial charge in [-0.1, -0.05) is 36.1 Å². The minimum Gasteiger partial charge on any atom is -0.508 e. The molecule has 0 aliphatic carbocycles. The predicted molar refractivity (Wildman–Crippen MR) is 65.3 cm³/mol. The van der Waals surface area contributed by atoms with Crippen molar-refractivity contribution in [3.63, 3.8) is 0 Å². The summed E-state index contributed by atoms with van der Waals surface area (Å²) in [7, 11) is 0. The highest BCUT2D eigenvalue weighted by Gasteiger charge is 1.98. The summed E-state index contributed by atoms with van der Waals surface area (Å²) in [5.41, 5.74) is 2.67. The number of phenols is 1. The minimum absolute atomic E-state index is 0.292. The lowest BCUT2D eigenvalue weighted by atomic mass is 10.1. The number of hydrogen-bond acceptors (Lipinski definition) is 1. The third kappa shape index (κ3) is 2.24. The molecule has 0 saturated carbocycles. The van der Waals surface area contributed by atoms with Crippen molar-refractivity contribution in [3.8, 4) is 17.6 Å². The molecule has 0 amide bonds. The molecule has 2 rings (SSSR count). The molecule has 2 aromatic rings. The Balaban J connectivity index is 2.35. The topological polar surface area (TPSA) is 20.2 Å². The number of hydrogen-bond donors (Lipinski definition) is 1. The van der Waals surface area contributed by atoms with Gasteiger partial charge in [0.15, 0.2) is 0 Å². The Bertz CT molecular complexity index is 545. The van der Waals surface area contributed by atoms with Crippen LogP contribution in [0.1, 0.15) is 16.7 Å². The van der Waals surface area contributed by atoms with E-state index in [1.165, 1.54) is 0 Å². The highest BCUT2D eigenvalue weighted by Crippen LogP contribution is 2.18. The highest BCUT2D eigenvalue weighted by atomic mass is 16.3. The Morgan fingerprint density at radius 2 is 1.62 bits per heavy atom. The molecule has 0 heterocycles. The standard InChI is InChI=1S/C15H12O/c1-12-14(8-5-9-15(12)16)11-10-13-6-3-2-4-7-13/h2-9,16H,1H3. The van der Waals surface area contributed by atoms with Crippen LogP contribution in [0.3, 0.4) is 0 Å². The van der Waals surface area contributed by atoms with Crippen LogP contribution in [0.15, 0.2) is 48.5 Å². The number of aromatic hydroxyl groups is 1. The fraction of sp³-hybridized carbons (Fsp3) is 0.0667. The maximum absolute atomic E-state index is 9.53. The lowest BCUT2D eigenvalue weighted by Gasteiger charge is -1.99. The van der Waals surface area contributed by atoms with Crippen LogP contribution in [0.2, 0.25) is 0 Å². The van der Waals surface area contributed by atoms with E-state index in [4.69, 9.17) is 0 Å². The third-order valence-corrected chi connectivity index (χ3v) is 2.42. The quantitative estimate of drug-likeness (QED) is 0.659. The van der Waals surface area contributed by atoms with Gasteiger partial charge in [0.05, 0.1) is 0 Å². The first-order valence-electron chi connectivity index (χ1n) is 5.13. The van der Waals surface area contributed by atoms with Crippen LogP contribution in [0, 0.1) is 18.8 Å². The fourth-order valence-electron chi connectivity index (χ4n) is 1.42. The van der Waals surface area contributed by atoms with Gasteiger partial charge in [0.2, 0.25) is 0 Å². The van der Waals surface area contributed by atoms with E-state index in [2.05, 4.69) is 11.8 Å². The summed E-state index contributed by atoms with van der Waals surface area (Å²) in [5, 5.41) is 9.53. The molecule has 0 bridgehead atoms. The Kier molecular flexibility index (Phi) is 2.93. The van der Waals surface area contributed by atoms with Gasteiger partial charge in [0.1, 0.15) is 5.75 Å². The largest absolute Gasteiger partial charge is 0.508 e. The minimum atomic E-state index is 0.292. The average Bonchev–Trinajstić information content (AvgIpc) is 2.32. The smallest absolute Gasteiger partial charge is 0.119 e. The summed E-state index contributed by atoms with van der Waals surface area (Å²) in [4.78, 5) is 0. The number of phenolic OH excluding ortho intramolecular Hbond substituents is 1. The van der Waals surface area contributed by atoms with Gasteiger partial charge < -0.3 is 5.11 Å². The van der Waals surface area contributed by atoms with Crippen LogP contribution >= 0.6 is 0 Å². The van der Waals surface area contributed by atoms with E-state index in [1.807, 2.05) is 43.3 Å². The molecule has 0 aliphatic heterocycles. The molecule has 2 aromatic carbocycles. The van der Waals surface area contributed by atoms with Crippen LogP contribution in [0.25, 0.3) is 0 Å². The second kappa shape index (κ2) is 4.55. The zero-order chi connectivity index (χ0) is 11.4. The summed E-state index contributed by atoms with van der Waals surface area (Å²) in [6, 6.07) is 15.2. The monoisotopic (exact) mass is 208 g/mol. The molecule has 0 unspecified atom stereocenters. The van der Waals surface area contributed by atoms with Crippen molar-refractivity contribution in [1.82, 2.24) is 0 Å². The van der Waals surface area contributed by atoms with Crippen molar-refractivity contribution in [2.24, 2.45) is 0 Å². The van der Waals surface area contributed by atoms with E-state index < -0.39 is 0 Å². The molecule has 0 aromatic heterocycles. The molecule has 78 valence electrons. The Morgan fingerprint density at radius 3 is 2.38 bits per heavy atom. The van der Waals surface area contributed by atoms with Crippen LogP contribution in [0.4, 0.5) is 0 Å². The summed E-state index contributed by atoms with van der Waals surface area (Å²) in [5.74, 6) is 6.42. The summed E-state index contributed by atoms with van der Waals surface area (Å²) in [6.45, 7) is 1.87. The Hall–Kier alpha value is -2.20.